The highest BCUT2D eigenvalue weighted by Gasteiger charge is 2.35. The molecule has 0 N–H and O–H groups in total. The SMILES string of the molecule is COc1ccccc1-c1cc(C(=O)N2CCC[C@H]2c2cc(C(C)C)no2)no1. The van der Waals surface area contributed by atoms with Crippen LogP contribution >= 0.6 is 0 Å². The Balaban J connectivity index is 1.58. The van der Waals surface area contributed by atoms with E-state index < -0.39 is 0 Å². The molecule has 0 saturated carbocycles. The van der Waals surface area contributed by atoms with Crippen LogP contribution in [0.2, 0.25) is 0 Å². The van der Waals surface area contributed by atoms with E-state index in [1.165, 1.54) is 0 Å². The summed E-state index contributed by atoms with van der Waals surface area (Å²) in [6.45, 7) is 4.78. The van der Waals surface area contributed by atoms with Crippen molar-refractivity contribution in [1.29, 1.82) is 0 Å². The predicted molar refractivity (Wildman–Crippen MR) is 102 cm³/mol. The Morgan fingerprint density at radius 2 is 2.04 bits per heavy atom. The van der Waals surface area contributed by atoms with Crippen molar-refractivity contribution in [2.24, 2.45) is 0 Å². The summed E-state index contributed by atoms with van der Waals surface area (Å²) in [4.78, 5) is 14.9. The molecule has 0 unspecified atom stereocenters. The summed E-state index contributed by atoms with van der Waals surface area (Å²) < 4.78 is 16.3. The topological polar surface area (TPSA) is 81.6 Å². The minimum Gasteiger partial charge on any atom is -0.496 e. The Bertz CT molecular complexity index is 975. The van der Waals surface area contributed by atoms with Gasteiger partial charge in [0.2, 0.25) is 0 Å². The fourth-order valence-electron chi connectivity index (χ4n) is 3.54. The highest BCUT2D eigenvalue weighted by molar-refractivity contribution is 5.93. The van der Waals surface area contributed by atoms with Gasteiger partial charge in [-0.3, -0.25) is 4.79 Å². The van der Waals surface area contributed by atoms with Gasteiger partial charge in [0.1, 0.15) is 5.75 Å². The summed E-state index contributed by atoms with van der Waals surface area (Å²) in [5.74, 6) is 2.00. The average molecular weight is 381 g/mol. The molecule has 1 fully saturated rings. The maximum atomic E-state index is 13.1. The molecule has 1 saturated heterocycles. The lowest BCUT2D eigenvalue weighted by atomic mass is 10.1. The number of benzene rings is 1. The second-order valence-electron chi connectivity index (χ2n) is 7.24. The first-order valence-electron chi connectivity index (χ1n) is 9.46. The predicted octanol–water partition coefficient (Wildman–Crippen LogP) is 4.44. The van der Waals surface area contributed by atoms with Crippen LogP contribution < -0.4 is 4.74 Å². The molecule has 1 aliphatic rings. The van der Waals surface area contributed by atoms with E-state index in [0.29, 0.717) is 18.1 Å². The quantitative estimate of drug-likeness (QED) is 0.650. The molecular formula is C21H23N3O4. The normalized spacial score (nSPS) is 16.7. The maximum absolute atomic E-state index is 13.1. The van der Waals surface area contributed by atoms with Crippen LogP contribution in [0.15, 0.2) is 45.4 Å². The number of nitrogens with zero attached hydrogens (tertiary/aromatic N) is 3. The molecule has 1 amide bonds. The number of rotatable bonds is 5. The van der Waals surface area contributed by atoms with Crippen LogP contribution in [0.4, 0.5) is 0 Å². The molecule has 146 valence electrons. The lowest BCUT2D eigenvalue weighted by Crippen LogP contribution is -2.30. The van der Waals surface area contributed by atoms with E-state index in [0.717, 1.165) is 29.9 Å². The number of ether oxygens (including phenoxy) is 1. The van der Waals surface area contributed by atoms with Gasteiger partial charge in [0, 0.05) is 18.7 Å². The molecule has 3 aromatic rings. The Hall–Kier alpha value is -3.09. The number of likely N-dealkylation sites (tertiary alicyclic amines) is 1. The Morgan fingerprint density at radius 1 is 1.21 bits per heavy atom. The van der Waals surface area contributed by atoms with Gasteiger partial charge in [-0.15, -0.1) is 0 Å². The zero-order valence-corrected chi connectivity index (χ0v) is 16.2. The lowest BCUT2D eigenvalue weighted by molar-refractivity contribution is 0.0704. The zero-order valence-electron chi connectivity index (χ0n) is 16.2. The highest BCUT2D eigenvalue weighted by atomic mass is 16.5. The number of hydrogen-bond acceptors (Lipinski definition) is 6. The van der Waals surface area contributed by atoms with Crippen LogP contribution in [0.5, 0.6) is 5.75 Å². The van der Waals surface area contributed by atoms with Crippen molar-refractivity contribution < 1.29 is 18.6 Å². The van der Waals surface area contributed by atoms with Crippen molar-refractivity contribution in [3.63, 3.8) is 0 Å². The minimum atomic E-state index is -0.171. The van der Waals surface area contributed by atoms with Gasteiger partial charge >= 0.3 is 0 Å². The molecule has 7 heteroatoms. The monoisotopic (exact) mass is 381 g/mol. The molecule has 0 bridgehead atoms. The maximum Gasteiger partial charge on any atom is 0.276 e. The first-order chi connectivity index (χ1) is 13.6. The number of para-hydroxylation sites is 1. The van der Waals surface area contributed by atoms with E-state index in [9.17, 15) is 4.79 Å². The molecule has 1 aromatic carbocycles. The molecule has 0 aliphatic carbocycles. The van der Waals surface area contributed by atoms with Gasteiger partial charge in [-0.25, -0.2) is 0 Å². The third-order valence-corrected chi connectivity index (χ3v) is 5.08. The Labute approximate surface area is 163 Å². The van der Waals surface area contributed by atoms with E-state index >= 15 is 0 Å². The first kappa shape index (κ1) is 18.3. The first-order valence-corrected chi connectivity index (χ1v) is 9.46. The summed E-state index contributed by atoms with van der Waals surface area (Å²) in [6, 6.07) is 11.0. The molecule has 4 rings (SSSR count). The van der Waals surface area contributed by atoms with E-state index in [1.54, 1.807) is 18.1 Å². The summed E-state index contributed by atoms with van der Waals surface area (Å²) >= 11 is 0. The number of carbonyl (C=O) groups excluding carboxylic acids is 1. The van der Waals surface area contributed by atoms with Crippen molar-refractivity contribution in [2.75, 3.05) is 13.7 Å². The van der Waals surface area contributed by atoms with E-state index in [-0.39, 0.29) is 23.6 Å². The van der Waals surface area contributed by atoms with Gasteiger partial charge in [0.25, 0.3) is 5.91 Å². The Morgan fingerprint density at radius 3 is 2.79 bits per heavy atom. The molecule has 3 heterocycles. The van der Waals surface area contributed by atoms with Crippen molar-refractivity contribution in [1.82, 2.24) is 15.2 Å². The molecular weight excluding hydrogens is 358 g/mol. The second-order valence-corrected chi connectivity index (χ2v) is 7.24. The van der Waals surface area contributed by atoms with Crippen LogP contribution in [0.25, 0.3) is 11.3 Å². The summed E-state index contributed by atoms with van der Waals surface area (Å²) in [6.07, 6.45) is 1.75. The molecule has 2 aromatic heterocycles. The van der Waals surface area contributed by atoms with E-state index in [1.807, 2.05) is 30.3 Å². The van der Waals surface area contributed by atoms with Crippen LogP contribution in [-0.4, -0.2) is 34.8 Å². The molecule has 0 spiro atoms. The molecule has 1 aliphatic heterocycles. The molecule has 7 nitrogen and oxygen atoms in total. The van der Waals surface area contributed by atoms with Crippen molar-refractivity contribution in [3.8, 4) is 17.1 Å². The van der Waals surface area contributed by atoms with Crippen molar-refractivity contribution in [2.45, 2.75) is 38.6 Å². The van der Waals surface area contributed by atoms with E-state index in [4.69, 9.17) is 13.8 Å². The third kappa shape index (κ3) is 3.28. The van der Waals surface area contributed by atoms with Crippen LogP contribution in [-0.2, 0) is 0 Å². The van der Waals surface area contributed by atoms with Gasteiger partial charge in [-0.05, 0) is 30.9 Å². The largest absolute Gasteiger partial charge is 0.496 e. The average Bonchev–Trinajstić information content (AvgIpc) is 3.47. The summed E-state index contributed by atoms with van der Waals surface area (Å²) in [7, 11) is 1.60. The summed E-state index contributed by atoms with van der Waals surface area (Å²) in [5, 5.41) is 8.13. The Kier molecular flexibility index (Phi) is 4.90. The highest BCUT2D eigenvalue weighted by Crippen LogP contribution is 2.35. The third-order valence-electron chi connectivity index (χ3n) is 5.08. The van der Waals surface area contributed by atoms with Gasteiger partial charge in [-0.2, -0.15) is 0 Å². The van der Waals surface area contributed by atoms with Crippen LogP contribution in [0.1, 0.15) is 60.6 Å². The zero-order chi connectivity index (χ0) is 19.7. The standard InChI is InChI=1S/C21H23N3O4/c1-13(2)15-11-20(28-22-15)17-8-6-10-24(17)21(25)16-12-19(27-23-16)14-7-4-5-9-18(14)26-3/h4-5,7,9,11-13,17H,6,8,10H2,1-3H3/t17-/m0/s1. The number of carbonyl (C=O) groups is 1. The minimum absolute atomic E-state index is 0.126. The number of methoxy groups -OCH3 is 1. The van der Waals surface area contributed by atoms with Gasteiger partial charge in [0.05, 0.1) is 24.4 Å². The summed E-state index contributed by atoms with van der Waals surface area (Å²) in [5.41, 5.74) is 1.93. The fourth-order valence-corrected chi connectivity index (χ4v) is 3.54. The molecule has 1 atom stereocenters. The fraction of sp³-hybridized carbons (Fsp3) is 0.381. The van der Waals surface area contributed by atoms with Crippen LogP contribution in [0.3, 0.4) is 0 Å². The van der Waals surface area contributed by atoms with E-state index in [2.05, 4.69) is 24.2 Å². The lowest BCUT2D eigenvalue weighted by Gasteiger charge is -2.21. The van der Waals surface area contributed by atoms with Crippen molar-refractivity contribution in [3.05, 3.63) is 53.5 Å². The van der Waals surface area contributed by atoms with Crippen molar-refractivity contribution >= 4 is 5.91 Å². The second kappa shape index (κ2) is 7.50. The number of hydrogen-bond donors (Lipinski definition) is 0. The number of aromatic nitrogens is 2. The van der Waals surface area contributed by atoms with Gasteiger partial charge in [0.15, 0.2) is 17.2 Å². The molecule has 0 radical (unpaired) electrons. The van der Waals surface area contributed by atoms with Gasteiger partial charge < -0.3 is 18.7 Å². The van der Waals surface area contributed by atoms with Gasteiger partial charge in [-0.1, -0.05) is 36.3 Å². The van der Waals surface area contributed by atoms with Crippen LogP contribution in [0, 0.1) is 0 Å². The number of amides is 1. The molecule has 28 heavy (non-hydrogen) atoms. The smallest absolute Gasteiger partial charge is 0.276 e.